The molecule has 15 heavy (non-hydrogen) atoms. The zero-order valence-electron chi connectivity index (χ0n) is 9.49. The highest BCUT2D eigenvalue weighted by Crippen LogP contribution is 2.18. The minimum absolute atomic E-state index is 0.349. The van der Waals surface area contributed by atoms with Gasteiger partial charge >= 0.3 is 0 Å². The summed E-state index contributed by atoms with van der Waals surface area (Å²) in [4.78, 5) is 1.32. The number of benzene rings is 1. The largest absolute Gasteiger partial charge is 0.327 e. The van der Waals surface area contributed by atoms with Crippen LogP contribution in [-0.2, 0) is 0 Å². The average molecular weight is 223 g/mol. The summed E-state index contributed by atoms with van der Waals surface area (Å²) in [6.07, 6.45) is 5.02. The lowest BCUT2D eigenvalue weighted by atomic mass is 10.1. The molecule has 0 aromatic heterocycles. The predicted molar refractivity (Wildman–Crippen MR) is 69.3 cm³/mol. The van der Waals surface area contributed by atoms with Crippen LogP contribution in [0.5, 0.6) is 0 Å². The third-order valence-corrected chi connectivity index (χ3v) is 3.59. The Kier molecular flexibility index (Phi) is 6.53. The van der Waals surface area contributed by atoms with E-state index in [0.717, 1.165) is 12.2 Å². The van der Waals surface area contributed by atoms with Crippen LogP contribution in [0, 0.1) is 0 Å². The fourth-order valence-electron chi connectivity index (χ4n) is 1.46. The van der Waals surface area contributed by atoms with Gasteiger partial charge in [-0.25, -0.2) is 0 Å². The Hall–Kier alpha value is -0.470. The van der Waals surface area contributed by atoms with Gasteiger partial charge in [-0.2, -0.15) is 0 Å². The molecule has 1 rings (SSSR count). The van der Waals surface area contributed by atoms with Gasteiger partial charge in [0.1, 0.15) is 0 Å². The number of rotatable bonds is 7. The van der Waals surface area contributed by atoms with Crippen LogP contribution in [0.2, 0.25) is 0 Å². The molecule has 1 aromatic carbocycles. The zero-order chi connectivity index (χ0) is 10.9. The van der Waals surface area contributed by atoms with Crippen molar-refractivity contribution in [3.8, 4) is 0 Å². The molecule has 0 saturated carbocycles. The molecule has 0 saturated heterocycles. The monoisotopic (exact) mass is 223 g/mol. The number of nitrogens with two attached hydrogens (primary N) is 1. The van der Waals surface area contributed by atoms with Crippen LogP contribution in [0.25, 0.3) is 0 Å². The first-order valence-electron chi connectivity index (χ1n) is 5.76. The van der Waals surface area contributed by atoms with Gasteiger partial charge in [-0.3, -0.25) is 0 Å². The Labute approximate surface area is 97.4 Å². The molecular weight excluding hydrogens is 202 g/mol. The molecular formula is C13H21NS. The number of unbranched alkanes of at least 4 members (excludes halogenated alkanes) is 2. The second-order valence-electron chi connectivity index (χ2n) is 3.88. The molecule has 0 amide bonds. The highest BCUT2D eigenvalue weighted by molar-refractivity contribution is 7.99. The maximum atomic E-state index is 6.04. The van der Waals surface area contributed by atoms with E-state index in [-0.39, 0.29) is 0 Å². The summed E-state index contributed by atoms with van der Waals surface area (Å²) in [6, 6.07) is 10.8. The Morgan fingerprint density at radius 2 is 1.93 bits per heavy atom. The van der Waals surface area contributed by atoms with Crippen molar-refractivity contribution in [1.29, 1.82) is 0 Å². The van der Waals surface area contributed by atoms with E-state index in [1.807, 2.05) is 17.8 Å². The van der Waals surface area contributed by atoms with Crippen molar-refractivity contribution < 1.29 is 0 Å². The molecule has 0 aliphatic carbocycles. The van der Waals surface area contributed by atoms with E-state index < -0.39 is 0 Å². The molecule has 0 radical (unpaired) electrons. The molecule has 0 aliphatic rings. The van der Waals surface area contributed by atoms with E-state index in [4.69, 9.17) is 5.73 Å². The van der Waals surface area contributed by atoms with E-state index in [0.29, 0.717) is 6.04 Å². The highest BCUT2D eigenvalue weighted by atomic mass is 32.2. The van der Waals surface area contributed by atoms with Crippen molar-refractivity contribution in [3.63, 3.8) is 0 Å². The standard InChI is InChI=1S/C13H21NS/c1-2-3-5-8-12(14)11-15-13-9-6-4-7-10-13/h4,6-7,9-10,12H,2-3,5,8,11,14H2,1H3. The van der Waals surface area contributed by atoms with E-state index in [2.05, 4.69) is 31.2 Å². The van der Waals surface area contributed by atoms with E-state index >= 15 is 0 Å². The third kappa shape index (κ3) is 5.85. The van der Waals surface area contributed by atoms with Crippen LogP contribution < -0.4 is 5.73 Å². The van der Waals surface area contributed by atoms with E-state index in [9.17, 15) is 0 Å². The van der Waals surface area contributed by atoms with Crippen molar-refractivity contribution in [2.45, 2.75) is 43.5 Å². The van der Waals surface area contributed by atoms with Crippen LogP contribution in [0.15, 0.2) is 35.2 Å². The molecule has 0 spiro atoms. The Bertz CT molecular complexity index is 248. The van der Waals surface area contributed by atoms with Crippen LogP contribution in [0.1, 0.15) is 32.6 Å². The summed E-state index contributed by atoms with van der Waals surface area (Å²) >= 11 is 1.86. The number of hydrogen-bond donors (Lipinski definition) is 1. The van der Waals surface area contributed by atoms with Crippen LogP contribution >= 0.6 is 11.8 Å². The summed E-state index contributed by atoms with van der Waals surface area (Å²) in [6.45, 7) is 2.23. The second-order valence-corrected chi connectivity index (χ2v) is 4.97. The Balaban J connectivity index is 2.14. The molecule has 1 nitrogen and oxygen atoms in total. The van der Waals surface area contributed by atoms with Gasteiger partial charge in [0.05, 0.1) is 0 Å². The lowest BCUT2D eigenvalue weighted by Gasteiger charge is -2.10. The fourth-order valence-corrected chi connectivity index (χ4v) is 2.38. The molecule has 84 valence electrons. The molecule has 1 atom stereocenters. The minimum Gasteiger partial charge on any atom is -0.327 e. The van der Waals surface area contributed by atoms with Crippen molar-refractivity contribution in [2.75, 3.05) is 5.75 Å². The molecule has 2 heteroatoms. The fraction of sp³-hybridized carbons (Fsp3) is 0.538. The Morgan fingerprint density at radius 3 is 2.60 bits per heavy atom. The van der Waals surface area contributed by atoms with Crippen LogP contribution in [0.4, 0.5) is 0 Å². The number of thioether (sulfide) groups is 1. The van der Waals surface area contributed by atoms with Crippen LogP contribution in [0.3, 0.4) is 0 Å². The summed E-state index contributed by atoms with van der Waals surface area (Å²) in [5.41, 5.74) is 6.04. The summed E-state index contributed by atoms with van der Waals surface area (Å²) in [5.74, 6) is 1.04. The second kappa shape index (κ2) is 7.77. The number of hydrogen-bond acceptors (Lipinski definition) is 2. The smallest absolute Gasteiger partial charge is 0.0133 e. The molecule has 0 bridgehead atoms. The molecule has 1 unspecified atom stereocenters. The topological polar surface area (TPSA) is 26.0 Å². The first-order chi connectivity index (χ1) is 7.33. The van der Waals surface area contributed by atoms with Gasteiger partial charge in [0.2, 0.25) is 0 Å². The quantitative estimate of drug-likeness (QED) is 0.563. The third-order valence-electron chi connectivity index (χ3n) is 2.39. The van der Waals surface area contributed by atoms with Gasteiger partial charge in [-0.05, 0) is 18.6 Å². The molecule has 2 N–H and O–H groups in total. The van der Waals surface area contributed by atoms with Crippen molar-refractivity contribution in [1.82, 2.24) is 0 Å². The minimum atomic E-state index is 0.349. The van der Waals surface area contributed by atoms with Crippen LogP contribution in [-0.4, -0.2) is 11.8 Å². The SMILES string of the molecule is CCCCCC(N)CSc1ccccc1. The van der Waals surface area contributed by atoms with Crippen molar-refractivity contribution in [2.24, 2.45) is 5.73 Å². The zero-order valence-corrected chi connectivity index (χ0v) is 10.3. The summed E-state index contributed by atoms with van der Waals surface area (Å²) in [5, 5.41) is 0. The highest BCUT2D eigenvalue weighted by Gasteiger charge is 2.02. The molecule has 0 aliphatic heterocycles. The first-order valence-corrected chi connectivity index (χ1v) is 6.75. The van der Waals surface area contributed by atoms with Gasteiger partial charge in [0, 0.05) is 16.7 Å². The maximum Gasteiger partial charge on any atom is 0.0133 e. The van der Waals surface area contributed by atoms with Crippen molar-refractivity contribution >= 4 is 11.8 Å². The van der Waals surface area contributed by atoms with Gasteiger partial charge in [-0.1, -0.05) is 44.4 Å². The summed E-state index contributed by atoms with van der Waals surface area (Å²) in [7, 11) is 0. The molecule has 0 fully saturated rings. The Morgan fingerprint density at radius 1 is 1.20 bits per heavy atom. The van der Waals surface area contributed by atoms with E-state index in [1.165, 1.54) is 24.2 Å². The van der Waals surface area contributed by atoms with Gasteiger partial charge in [0.25, 0.3) is 0 Å². The maximum absolute atomic E-state index is 6.04. The van der Waals surface area contributed by atoms with E-state index in [1.54, 1.807) is 0 Å². The molecule has 1 aromatic rings. The normalized spacial score (nSPS) is 12.7. The first kappa shape index (κ1) is 12.6. The lowest BCUT2D eigenvalue weighted by Crippen LogP contribution is -2.22. The summed E-state index contributed by atoms with van der Waals surface area (Å²) < 4.78 is 0. The van der Waals surface area contributed by atoms with Gasteiger partial charge in [0.15, 0.2) is 0 Å². The predicted octanol–water partition coefficient (Wildman–Crippen LogP) is 3.69. The van der Waals surface area contributed by atoms with Crippen molar-refractivity contribution in [3.05, 3.63) is 30.3 Å². The van der Waals surface area contributed by atoms with Gasteiger partial charge < -0.3 is 5.73 Å². The lowest BCUT2D eigenvalue weighted by molar-refractivity contribution is 0.597. The molecule has 0 heterocycles. The average Bonchev–Trinajstić information content (AvgIpc) is 2.28. The van der Waals surface area contributed by atoms with Gasteiger partial charge in [-0.15, -0.1) is 11.8 Å².